The molecule has 114 valence electrons. The van der Waals surface area contributed by atoms with Gasteiger partial charge in [-0.25, -0.2) is 0 Å². The van der Waals surface area contributed by atoms with Gasteiger partial charge in [0.15, 0.2) is 0 Å². The predicted octanol–water partition coefficient (Wildman–Crippen LogP) is 1.95. The summed E-state index contributed by atoms with van der Waals surface area (Å²) in [6, 6.07) is 3.05. The topological polar surface area (TPSA) is 77.6 Å². The summed E-state index contributed by atoms with van der Waals surface area (Å²) in [6.07, 6.45) is -1.27. The van der Waals surface area contributed by atoms with Crippen LogP contribution in [-0.2, 0) is 9.53 Å². The van der Waals surface area contributed by atoms with E-state index in [0.29, 0.717) is 11.6 Å². The summed E-state index contributed by atoms with van der Waals surface area (Å²) in [5, 5.41) is 0. The molecule has 0 radical (unpaired) electrons. The van der Waals surface area contributed by atoms with Gasteiger partial charge in [0.05, 0.1) is 6.61 Å². The molecule has 1 heterocycles. The van der Waals surface area contributed by atoms with Crippen molar-refractivity contribution in [3.8, 4) is 0 Å². The quantitative estimate of drug-likeness (QED) is 0.666. The molecular formula is C13H14F3N3O2. The van der Waals surface area contributed by atoms with E-state index in [-0.39, 0.29) is 12.3 Å². The molecule has 0 fully saturated rings. The number of aliphatic imine (C=N–C) groups is 1. The van der Waals surface area contributed by atoms with E-state index in [1.807, 2.05) is 0 Å². The van der Waals surface area contributed by atoms with Gasteiger partial charge in [-0.15, -0.1) is 0 Å². The number of nitrogens with zero attached hydrogens (tertiary/aromatic N) is 2. The number of nitrogens with two attached hydrogens (primary N) is 1. The number of rotatable bonds is 5. The van der Waals surface area contributed by atoms with Gasteiger partial charge in [0, 0.05) is 23.7 Å². The Balaban J connectivity index is 2.99. The van der Waals surface area contributed by atoms with Crippen molar-refractivity contribution in [2.75, 3.05) is 13.2 Å². The number of pyridine rings is 1. The van der Waals surface area contributed by atoms with Crippen LogP contribution < -0.4 is 5.73 Å². The summed E-state index contributed by atoms with van der Waals surface area (Å²) >= 11 is 0. The number of hydrogen-bond donors (Lipinski definition) is 1. The van der Waals surface area contributed by atoms with Crippen molar-refractivity contribution in [2.24, 2.45) is 10.7 Å². The summed E-state index contributed by atoms with van der Waals surface area (Å²) in [7, 11) is 0. The zero-order chi connectivity index (χ0) is 15.9. The Morgan fingerprint density at radius 1 is 1.52 bits per heavy atom. The van der Waals surface area contributed by atoms with Crippen molar-refractivity contribution >= 4 is 17.4 Å². The summed E-state index contributed by atoms with van der Waals surface area (Å²) in [4.78, 5) is 18.0. The molecule has 0 bridgehead atoms. The first-order valence-electron chi connectivity index (χ1n) is 5.99. The number of halogens is 3. The predicted molar refractivity (Wildman–Crippen MR) is 71.4 cm³/mol. The molecule has 0 saturated heterocycles. The molecule has 1 aromatic heterocycles. The lowest BCUT2D eigenvalue weighted by atomic mass is 10.2. The Kier molecular flexibility index (Phi) is 5.89. The van der Waals surface area contributed by atoms with Gasteiger partial charge < -0.3 is 10.5 Å². The average Bonchev–Trinajstić information content (AvgIpc) is 2.43. The summed E-state index contributed by atoms with van der Waals surface area (Å²) in [6.45, 7) is 0.898. The summed E-state index contributed by atoms with van der Waals surface area (Å²) < 4.78 is 43.0. The van der Waals surface area contributed by atoms with E-state index >= 15 is 0 Å². The molecule has 0 aromatic carbocycles. The largest absolute Gasteiger partial charge is 0.465 e. The van der Waals surface area contributed by atoms with Gasteiger partial charge in [0.2, 0.25) is 0 Å². The van der Waals surface area contributed by atoms with Gasteiger partial charge in [-0.1, -0.05) is 0 Å². The summed E-state index contributed by atoms with van der Waals surface area (Å²) in [5.41, 5.74) is 4.50. The van der Waals surface area contributed by atoms with Crippen LogP contribution in [0.15, 0.2) is 35.6 Å². The van der Waals surface area contributed by atoms with Gasteiger partial charge >= 0.3 is 12.1 Å². The molecule has 2 N–H and O–H groups in total. The third kappa shape index (κ3) is 5.64. The van der Waals surface area contributed by atoms with Crippen LogP contribution in [-0.4, -0.2) is 36.0 Å². The Labute approximate surface area is 119 Å². The number of allylic oxidation sites excluding steroid dienone is 1. The van der Waals surface area contributed by atoms with Gasteiger partial charge in [-0.2, -0.15) is 13.2 Å². The van der Waals surface area contributed by atoms with Crippen LogP contribution in [0.25, 0.3) is 5.70 Å². The second-order valence-electron chi connectivity index (χ2n) is 3.85. The van der Waals surface area contributed by atoms with Gasteiger partial charge in [-0.3, -0.25) is 14.8 Å². The van der Waals surface area contributed by atoms with E-state index in [2.05, 4.69) is 14.7 Å². The fourth-order valence-corrected chi connectivity index (χ4v) is 1.34. The standard InChI is InChI=1S/C13H14F3N3O2/c1-2-21-12(20)8-19-11(13(14,15)16)6-10(17)9-4-3-5-18-7-9/h3-7H,2,8,17H2,1H3. The highest BCUT2D eigenvalue weighted by molar-refractivity contribution is 6.04. The second-order valence-corrected chi connectivity index (χ2v) is 3.85. The lowest BCUT2D eigenvalue weighted by molar-refractivity contribution is -0.141. The Morgan fingerprint density at radius 3 is 2.76 bits per heavy atom. The normalized spacial score (nSPS) is 13.1. The average molecular weight is 301 g/mol. The van der Waals surface area contributed by atoms with Crippen LogP contribution in [0.5, 0.6) is 0 Å². The molecule has 0 amide bonds. The Morgan fingerprint density at radius 2 is 2.24 bits per heavy atom. The maximum Gasteiger partial charge on any atom is 0.432 e. The van der Waals surface area contributed by atoms with Crippen molar-refractivity contribution in [1.29, 1.82) is 0 Å². The van der Waals surface area contributed by atoms with E-state index in [4.69, 9.17) is 5.73 Å². The number of aromatic nitrogens is 1. The molecule has 0 spiro atoms. The molecule has 0 aliphatic rings. The fraction of sp³-hybridized carbons (Fsp3) is 0.308. The zero-order valence-corrected chi connectivity index (χ0v) is 11.2. The molecule has 1 rings (SSSR count). The van der Waals surface area contributed by atoms with Crippen LogP contribution in [0.2, 0.25) is 0 Å². The van der Waals surface area contributed by atoms with Crippen LogP contribution >= 0.6 is 0 Å². The molecule has 21 heavy (non-hydrogen) atoms. The number of esters is 1. The van der Waals surface area contributed by atoms with E-state index in [1.165, 1.54) is 18.5 Å². The molecule has 1 aromatic rings. The van der Waals surface area contributed by atoms with Gasteiger partial charge in [0.1, 0.15) is 12.3 Å². The highest BCUT2D eigenvalue weighted by Gasteiger charge is 2.34. The molecule has 0 atom stereocenters. The number of carbonyl (C=O) groups excluding carboxylic acids is 1. The fourth-order valence-electron chi connectivity index (χ4n) is 1.34. The third-order valence-corrected chi connectivity index (χ3v) is 2.26. The van der Waals surface area contributed by atoms with Crippen molar-refractivity contribution < 1.29 is 22.7 Å². The van der Waals surface area contributed by atoms with Crippen molar-refractivity contribution in [1.82, 2.24) is 4.98 Å². The van der Waals surface area contributed by atoms with E-state index < -0.39 is 24.4 Å². The van der Waals surface area contributed by atoms with E-state index in [1.54, 1.807) is 13.0 Å². The SMILES string of the molecule is CCOC(=O)CN=C(C=C(N)c1cccnc1)C(F)(F)F. The maximum atomic E-state index is 12.8. The first-order chi connectivity index (χ1) is 9.84. The van der Waals surface area contributed by atoms with Crippen LogP contribution in [0.1, 0.15) is 12.5 Å². The third-order valence-electron chi connectivity index (χ3n) is 2.26. The molecule has 0 unspecified atom stereocenters. The molecule has 0 aliphatic heterocycles. The number of alkyl halides is 3. The van der Waals surface area contributed by atoms with Crippen LogP contribution in [0.3, 0.4) is 0 Å². The first-order valence-corrected chi connectivity index (χ1v) is 5.99. The zero-order valence-electron chi connectivity index (χ0n) is 11.2. The molecule has 0 aliphatic carbocycles. The Bertz CT molecular complexity index is 539. The maximum absolute atomic E-state index is 12.8. The summed E-state index contributed by atoms with van der Waals surface area (Å²) in [5.74, 6) is -0.840. The molecular weight excluding hydrogens is 287 g/mol. The minimum atomic E-state index is -4.72. The minimum absolute atomic E-state index is 0.0728. The lowest BCUT2D eigenvalue weighted by Crippen LogP contribution is -2.23. The lowest BCUT2D eigenvalue weighted by Gasteiger charge is -2.08. The smallest absolute Gasteiger partial charge is 0.432 e. The second kappa shape index (κ2) is 7.41. The van der Waals surface area contributed by atoms with Gasteiger partial charge in [-0.05, 0) is 25.1 Å². The highest BCUT2D eigenvalue weighted by Crippen LogP contribution is 2.20. The van der Waals surface area contributed by atoms with Crippen molar-refractivity contribution in [3.05, 3.63) is 36.2 Å². The minimum Gasteiger partial charge on any atom is -0.465 e. The van der Waals surface area contributed by atoms with Gasteiger partial charge in [0.25, 0.3) is 0 Å². The van der Waals surface area contributed by atoms with Crippen LogP contribution in [0, 0.1) is 0 Å². The van der Waals surface area contributed by atoms with E-state index in [0.717, 1.165) is 0 Å². The number of carbonyl (C=O) groups is 1. The molecule has 8 heteroatoms. The van der Waals surface area contributed by atoms with Crippen LogP contribution in [0.4, 0.5) is 13.2 Å². The first kappa shape index (κ1) is 16.7. The van der Waals surface area contributed by atoms with E-state index in [9.17, 15) is 18.0 Å². The Hall–Kier alpha value is -2.38. The highest BCUT2D eigenvalue weighted by atomic mass is 19.4. The monoisotopic (exact) mass is 301 g/mol. The number of ether oxygens (including phenoxy) is 1. The van der Waals surface area contributed by atoms with Crippen molar-refractivity contribution in [3.63, 3.8) is 0 Å². The van der Waals surface area contributed by atoms with Crippen molar-refractivity contribution in [2.45, 2.75) is 13.1 Å². The number of hydrogen-bond acceptors (Lipinski definition) is 5. The molecule has 0 saturated carbocycles. The molecule has 5 nitrogen and oxygen atoms in total.